The van der Waals surface area contributed by atoms with Crippen LogP contribution in [0.1, 0.15) is 12.6 Å². The zero-order valence-corrected chi connectivity index (χ0v) is 19.9. The summed E-state index contributed by atoms with van der Waals surface area (Å²) in [6.45, 7) is 2.57. The van der Waals surface area contributed by atoms with Crippen LogP contribution in [0, 0.1) is 5.82 Å². The molecule has 0 aliphatic carbocycles. The molecule has 0 N–H and O–H groups in total. The Morgan fingerprint density at radius 1 is 1.00 bits per heavy atom. The van der Waals surface area contributed by atoms with Gasteiger partial charge in [0.25, 0.3) is 0 Å². The van der Waals surface area contributed by atoms with Crippen LogP contribution in [0.15, 0.2) is 83.6 Å². The summed E-state index contributed by atoms with van der Waals surface area (Å²) >= 11 is 3.10. The molecule has 34 heavy (non-hydrogen) atoms. The topological polar surface area (TPSA) is 65.7 Å². The second-order valence-electron chi connectivity index (χ2n) is 7.25. The average molecular weight is 490 g/mol. The van der Waals surface area contributed by atoms with Crippen LogP contribution in [-0.2, 0) is 5.75 Å². The number of halogens is 1. The monoisotopic (exact) mass is 489 g/mol. The molecule has 170 valence electrons. The van der Waals surface area contributed by atoms with Crippen LogP contribution in [0.2, 0.25) is 0 Å². The molecule has 0 aliphatic heterocycles. The van der Waals surface area contributed by atoms with Gasteiger partial charge in [0, 0.05) is 40.3 Å². The first-order valence-corrected chi connectivity index (χ1v) is 12.5. The molecule has 0 spiro atoms. The number of thiazole rings is 1. The van der Waals surface area contributed by atoms with Crippen molar-refractivity contribution in [3.05, 3.63) is 89.9 Å². The lowest BCUT2D eigenvalue weighted by molar-refractivity contribution is 0.340. The van der Waals surface area contributed by atoms with Crippen molar-refractivity contribution in [1.29, 1.82) is 0 Å². The third-order valence-electron chi connectivity index (χ3n) is 4.95. The number of ether oxygens (including phenoxy) is 1. The van der Waals surface area contributed by atoms with Crippen molar-refractivity contribution in [2.45, 2.75) is 17.8 Å². The standard InChI is InChI=1S/C25H20FN5OS2/c1-2-32-22-11-9-21(10-12-22)31-23(18-4-3-13-27-14-18)29-30-25(31)34-16-20-15-33-24(28-20)17-5-7-19(26)8-6-17/h3-15H,2,16H2,1H3. The summed E-state index contributed by atoms with van der Waals surface area (Å²) in [5.41, 5.74) is 3.64. The predicted molar refractivity (Wildman–Crippen MR) is 133 cm³/mol. The van der Waals surface area contributed by atoms with Crippen LogP contribution in [0.5, 0.6) is 5.75 Å². The number of rotatable bonds is 8. The first-order chi connectivity index (χ1) is 16.7. The first kappa shape index (κ1) is 22.2. The summed E-state index contributed by atoms with van der Waals surface area (Å²) in [5, 5.41) is 12.6. The van der Waals surface area contributed by atoms with Gasteiger partial charge in [-0.15, -0.1) is 21.5 Å². The Morgan fingerprint density at radius 2 is 1.82 bits per heavy atom. The van der Waals surface area contributed by atoms with Gasteiger partial charge in [-0.3, -0.25) is 9.55 Å². The van der Waals surface area contributed by atoms with E-state index in [9.17, 15) is 4.39 Å². The smallest absolute Gasteiger partial charge is 0.196 e. The zero-order valence-electron chi connectivity index (χ0n) is 18.3. The molecule has 0 atom stereocenters. The predicted octanol–water partition coefficient (Wildman–Crippen LogP) is 6.28. The van der Waals surface area contributed by atoms with Crippen LogP contribution in [0.4, 0.5) is 4.39 Å². The van der Waals surface area contributed by atoms with E-state index >= 15 is 0 Å². The number of benzene rings is 2. The fraction of sp³-hybridized carbons (Fsp3) is 0.120. The molecule has 0 bridgehead atoms. The fourth-order valence-corrected chi connectivity index (χ4v) is 5.15. The Kier molecular flexibility index (Phi) is 6.64. The molecule has 2 aromatic carbocycles. The Morgan fingerprint density at radius 3 is 2.56 bits per heavy atom. The van der Waals surface area contributed by atoms with E-state index < -0.39 is 0 Å². The minimum absolute atomic E-state index is 0.255. The molecule has 6 nitrogen and oxygen atoms in total. The Bertz CT molecular complexity index is 1370. The van der Waals surface area contributed by atoms with Crippen molar-refractivity contribution in [3.63, 3.8) is 0 Å². The van der Waals surface area contributed by atoms with Gasteiger partial charge in [-0.05, 0) is 67.6 Å². The molecular formula is C25H20FN5OS2. The number of aromatic nitrogens is 5. The van der Waals surface area contributed by atoms with Crippen molar-refractivity contribution < 1.29 is 9.13 Å². The summed E-state index contributed by atoms with van der Waals surface area (Å²) in [6.07, 6.45) is 3.51. The third kappa shape index (κ3) is 4.85. The van der Waals surface area contributed by atoms with Gasteiger partial charge in [-0.2, -0.15) is 0 Å². The highest BCUT2D eigenvalue weighted by molar-refractivity contribution is 7.98. The fourth-order valence-electron chi connectivity index (χ4n) is 3.37. The van der Waals surface area contributed by atoms with E-state index in [1.54, 1.807) is 47.6 Å². The number of thioether (sulfide) groups is 1. The Labute approximate surface area is 204 Å². The third-order valence-corrected chi connectivity index (χ3v) is 6.85. The SMILES string of the molecule is CCOc1ccc(-n2c(SCc3csc(-c4ccc(F)cc4)n3)nnc2-c2cccnc2)cc1. The van der Waals surface area contributed by atoms with E-state index in [-0.39, 0.29) is 5.82 Å². The maximum atomic E-state index is 13.2. The molecule has 5 aromatic rings. The molecule has 0 radical (unpaired) electrons. The van der Waals surface area contributed by atoms with E-state index in [4.69, 9.17) is 9.72 Å². The largest absolute Gasteiger partial charge is 0.494 e. The lowest BCUT2D eigenvalue weighted by Crippen LogP contribution is -2.00. The average Bonchev–Trinajstić information content (AvgIpc) is 3.52. The van der Waals surface area contributed by atoms with Crippen molar-refractivity contribution in [2.75, 3.05) is 6.61 Å². The zero-order chi connectivity index (χ0) is 23.3. The van der Waals surface area contributed by atoms with Gasteiger partial charge in [-0.1, -0.05) is 11.8 Å². The van der Waals surface area contributed by atoms with Crippen LogP contribution in [-0.4, -0.2) is 31.3 Å². The van der Waals surface area contributed by atoms with Crippen molar-refractivity contribution in [3.8, 4) is 33.4 Å². The second-order valence-corrected chi connectivity index (χ2v) is 9.05. The molecule has 0 amide bonds. The van der Waals surface area contributed by atoms with Crippen LogP contribution in [0.25, 0.3) is 27.6 Å². The molecule has 9 heteroatoms. The Hall–Kier alpha value is -3.56. The second kappa shape index (κ2) is 10.1. The van der Waals surface area contributed by atoms with E-state index in [2.05, 4.69) is 15.2 Å². The van der Waals surface area contributed by atoms with Gasteiger partial charge in [0.2, 0.25) is 0 Å². The van der Waals surface area contributed by atoms with E-state index in [1.165, 1.54) is 12.1 Å². The van der Waals surface area contributed by atoms with E-state index in [0.717, 1.165) is 38.4 Å². The molecular weight excluding hydrogens is 469 g/mol. The molecule has 3 heterocycles. The summed E-state index contributed by atoms with van der Waals surface area (Å²) < 4.78 is 20.8. The highest BCUT2D eigenvalue weighted by Gasteiger charge is 2.17. The summed E-state index contributed by atoms with van der Waals surface area (Å²) in [6, 6.07) is 18.1. The normalized spacial score (nSPS) is 11.0. The van der Waals surface area contributed by atoms with Crippen LogP contribution >= 0.6 is 23.1 Å². The van der Waals surface area contributed by atoms with Crippen molar-refractivity contribution in [1.82, 2.24) is 24.7 Å². The maximum absolute atomic E-state index is 13.2. The number of hydrogen-bond acceptors (Lipinski definition) is 7. The molecule has 0 fully saturated rings. The molecule has 0 saturated carbocycles. The highest BCUT2D eigenvalue weighted by atomic mass is 32.2. The van der Waals surface area contributed by atoms with Gasteiger partial charge in [-0.25, -0.2) is 9.37 Å². The summed E-state index contributed by atoms with van der Waals surface area (Å²) in [4.78, 5) is 8.95. The number of nitrogens with zero attached hydrogens (tertiary/aromatic N) is 5. The molecule has 0 unspecified atom stereocenters. The van der Waals surface area contributed by atoms with E-state index in [0.29, 0.717) is 18.2 Å². The lowest BCUT2D eigenvalue weighted by Gasteiger charge is -2.11. The maximum Gasteiger partial charge on any atom is 0.196 e. The van der Waals surface area contributed by atoms with Gasteiger partial charge in [0.1, 0.15) is 16.6 Å². The molecule has 3 aromatic heterocycles. The number of pyridine rings is 1. The van der Waals surface area contributed by atoms with Gasteiger partial charge < -0.3 is 4.74 Å². The van der Waals surface area contributed by atoms with Crippen molar-refractivity contribution >= 4 is 23.1 Å². The van der Waals surface area contributed by atoms with Gasteiger partial charge in [0.15, 0.2) is 11.0 Å². The molecule has 0 saturated heterocycles. The minimum Gasteiger partial charge on any atom is -0.494 e. The Balaban J connectivity index is 1.42. The quantitative estimate of drug-likeness (QED) is 0.239. The molecule has 5 rings (SSSR count). The summed E-state index contributed by atoms with van der Waals surface area (Å²) in [5.74, 6) is 1.89. The lowest BCUT2D eigenvalue weighted by atomic mass is 10.2. The van der Waals surface area contributed by atoms with Crippen LogP contribution in [0.3, 0.4) is 0 Å². The summed E-state index contributed by atoms with van der Waals surface area (Å²) in [7, 11) is 0. The molecule has 0 aliphatic rings. The highest BCUT2D eigenvalue weighted by Crippen LogP contribution is 2.32. The van der Waals surface area contributed by atoms with Gasteiger partial charge >= 0.3 is 0 Å². The minimum atomic E-state index is -0.255. The van der Waals surface area contributed by atoms with Gasteiger partial charge in [0.05, 0.1) is 12.3 Å². The number of hydrogen-bond donors (Lipinski definition) is 0. The van der Waals surface area contributed by atoms with Crippen LogP contribution < -0.4 is 4.74 Å². The first-order valence-electron chi connectivity index (χ1n) is 10.6. The van der Waals surface area contributed by atoms with E-state index in [1.807, 2.05) is 53.3 Å². The van der Waals surface area contributed by atoms with Crippen molar-refractivity contribution in [2.24, 2.45) is 0 Å².